The second-order valence-corrected chi connectivity index (χ2v) is 12.3. The fourth-order valence-electron chi connectivity index (χ4n) is 6.04. The summed E-state index contributed by atoms with van der Waals surface area (Å²) in [6.45, 7) is 0. The van der Waals surface area contributed by atoms with E-state index in [9.17, 15) is 0 Å². The quantitative estimate of drug-likeness (QED) is 0.204. The molecule has 3 aromatic heterocycles. The van der Waals surface area contributed by atoms with Gasteiger partial charge in [0.25, 0.3) is 0 Å². The summed E-state index contributed by atoms with van der Waals surface area (Å²) >= 11 is 1.81. The first-order valence-electron chi connectivity index (χ1n) is 14.9. The Labute approximate surface area is 263 Å². The third-order valence-electron chi connectivity index (χ3n) is 8.34. The predicted octanol–water partition coefficient (Wildman–Crippen LogP) is 10.6. The lowest BCUT2D eigenvalue weighted by atomic mass is 9.98. The van der Waals surface area contributed by atoms with Crippen molar-refractivity contribution in [1.82, 2.24) is 19.9 Å². The lowest BCUT2D eigenvalue weighted by Gasteiger charge is -2.10. The van der Waals surface area contributed by atoms with E-state index in [0.29, 0.717) is 17.5 Å². The second kappa shape index (κ2) is 10.4. The van der Waals surface area contributed by atoms with E-state index in [1.165, 1.54) is 20.2 Å². The van der Waals surface area contributed by atoms with Crippen LogP contribution < -0.4 is 0 Å². The predicted molar refractivity (Wildman–Crippen MR) is 187 cm³/mol. The summed E-state index contributed by atoms with van der Waals surface area (Å²) in [6, 6.07) is 48.7. The number of benzene rings is 6. The van der Waals surface area contributed by atoms with Gasteiger partial charge in [0.2, 0.25) is 0 Å². The van der Waals surface area contributed by atoms with Crippen LogP contribution in [0.4, 0.5) is 0 Å². The van der Waals surface area contributed by atoms with Gasteiger partial charge in [-0.1, -0.05) is 84.9 Å². The number of thiophene rings is 1. The molecule has 9 aromatic rings. The number of hydrogen-bond acceptors (Lipinski definition) is 5. The number of rotatable bonds is 4. The van der Waals surface area contributed by atoms with Crippen molar-refractivity contribution in [2.45, 2.75) is 0 Å². The number of nitrogens with zero attached hydrogens (tertiary/aromatic N) is 4. The fraction of sp³-hybridized carbons (Fsp3) is 0. The molecule has 0 aliphatic rings. The molecule has 9 rings (SSSR count). The first-order chi connectivity index (χ1) is 22.2. The molecule has 0 amide bonds. The molecule has 0 radical (unpaired) electrons. The molecule has 0 bridgehead atoms. The molecule has 0 atom stereocenters. The smallest absolute Gasteiger partial charge is 0.164 e. The molecule has 0 spiro atoms. The van der Waals surface area contributed by atoms with Crippen LogP contribution in [0.25, 0.3) is 87.1 Å². The largest absolute Gasteiger partial charge is 0.256 e. The number of pyridine rings is 1. The van der Waals surface area contributed by atoms with Crippen LogP contribution in [0.5, 0.6) is 0 Å². The molecule has 0 aliphatic heterocycles. The number of aromatic nitrogens is 4. The number of fused-ring (bicyclic) bond motifs is 5. The zero-order valence-electron chi connectivity index (χ0n) is 24.1. The summed E-state index contributed by atoms with van der Waals surface area (Å²) < 4.78 is 2.53. The third-order valence-corrected chi connectivity index (χ3v) is 9.49. The molecule has 3 heterocycles. The molecule has 6 aromatic carbocycles. The minimum Gasteiger partial charge on any atom is -0.256 e. The highest BCUT2D eigenvalue weighted by molar-refractivity contribution is 7.25. The van der Waals surface area contributed by atoms with Gasteiger partial charge in [-0.15, -0.1) is 11.3 Å². The Bertz CT molecular complexity index is 2550. The Balaban J connectivity index is 1.19. The zero-order chi connectivity index (χ0) is 29.7. The normalized spacial score (nSPS) is 11.6. The average Bonchev–Trinajstić information content (AvgIpc) is 3.49. The van der Waals surface area contributed by atoms with Gasteiger partial charge in [0.05, 0.1) is 5.52 Å². The van der Waals surface area contributed by atoms with Gasteiger partial charge in [0.1, 0.15) is 0 Å². The summed E-state index contributed by atoms with van der Waals surface area (Å²) in [7, 11) is 0. The van der Waals surface area contributed by atoms with E-state index in [0.717, 1.165) is 49.5 Å². The molecule has 0 N–H and O–H groups in total. The summed E-state index contributed by atoms with van der Waals surface area (Å²) in [4.78, 5) is 19.5. The average molecular weight is 593 g/mol. The molecular formula is C40H24N4S. The van der Waals surface area contributed by atoms with Crippen LogP contribution in [0, 0.1) is 0 Å². The van der Waals surface area contributed by atoms with Crippen molar-refractivity contribution in [3.63, 3.8) is 0 Å². The van der Waals surface area contributed by atoms with E-state index in [1.54, 1.807) is 0 Å². The highest BCUT2D eigenvalue weighted by Gasteiger charge is 2.15. The highest BCUT2D eigenvalue weighted by atomic mass is 32.1. The van der Waals surface area contributed by atoms with E-state index in [-0.39, 0.29) is 0 Å². The molecule has 4 nitrogen and oxygen atoms in total. The molecular weight excluding hydrogens is 569 g/mol. The molecule has 0 fully saturated rings. The van der Waals surface area contributed by atoms with Crippen molar-refractivity contribution >= 4 is 53.2 Å². The molecule has 0 aliphatic carbocycles. The molecule has 0 saturated heterocycles. The first-order valence-corrected chi connectivity index (χ1v) is 15.7. The molecule has 45 heavy (non-hydrogen) atoms. The molecule has 5 heteroatoms. The van der Waals surface area contributed by atoms with Gasteiger partial charge < -0.3 is 0 Å². The minimum absolute atomic E-state index is 0.651. The van der Waals surface area contributed by atoms with Crippen LogP contribution >= 0.6 is 11.3 Å². The molecule has 210 valence electrons. The van der Waals surface area contributed by atoms with Crippen molar-refractivity contribution in [1.29, 1.82) is 0 Å². The second-order valence-electron chi connectivity index (χ2n) is 11.2. The van der Waals surface area contributed by atoms with Crippen molar-refractivity contribution in [3.05, 3.63) is 146 Å². The summed E-state index contributed by atoms with van der Waals surface area (Å²) in [5.74, 6) is 1.97. The van der Waals surface area contributed by atoms with Crippen molar-refractivity contribution in [3.8, 4) is 45.3 Å². The fourth-order valence-corrected chi connectivity index (χ4v) is 7.12. The maximum absolute atomic E-state index is 5.07. The van der Waals surface area contributed by atoms with Gasteiger partial charge >= 0.3 is 0 Å². The summed E-state index contributed by atoms with van der Waals surface area (Å²) in [5, 5.41) is 5.90. The van der Waals surface area contributed by atoms with Crippen molar-refractivity contribution in [2.75, 3.05) is 0 Å². The number of hydrogen-bond donors (Lipinski definition) is 0. The van der Waals surface area contributed by atoms with Crippen LogP contribution in [0.2, 0.25) is 0 Å². The topological polar surface area (TPSA) is 51.6 Å². The van der Waals surface area contributed by atoms with E-state index >= 15 is 0 Å². The molecule has 0 unspecified atom stereocenters. The van der Waals surface area contributed by atoms with Gasteiger partial charge in [-0.25, -0.2) is 15.0 Å². The van der Waals surface area contributed by atoms with Gasteiger partial charge in [-0.3, -0.25) is 4.98 Å². The van der Waals surface area contributed by atoms with Crippen LogP contribution in [-0.2, 0) is 0 Å². The third kappa shape index (κ3) is 4.62. The summed E-state index contributed by atoms with van der Waals surface area (Å²) in [5.41, 5.74) is 6.19. The zero-order valence-corrected chi connectivity index (χ0v) is 24.9. The van der Waals surface area contributed by atoms with Crippen LogP contribution in [0.3, 0.4) is 0 Å². The molecule has 0 saturated carbocycles. The van der Waals surface area contributed by atoms with Crippen molar-refractivity contribution < 1.29 is 0 Å². The monoisotopic (exact) mass is 592 g/mol. The Morgan fingerprint density at radius 2 is 1.00 bits per heavy atom. The van der Waals surface area contributed by atoms with Crippen LogP contribution in [0.15, 0.2) is 146 Å². The maximum atomic E-state index is 5.07. The van der Waals surface area contributed by atoms with Gasteiger partial charge in [-0.05, 0) is 76.5 Å². The van der Waals surface area contributed by atoms with Gasteiger partial charge in [-0.2, -0.15) is 0 Å². The van der Waals surface area contributed by atoms with Crippen LogP contribution in [0.1, 0.15) is 0 Å². The van der Waals surface area contributed by atoms with Gasteiger partial charge in [0, 0.05) is 48.4 Å². The Hall–Kier alpha value is -5.78. The standard InChI is InChI=1S/C40H24N4S/c1-2-7-26(8-3-1)38-42-39(44-40(43-38)31-17-19-37-34(24-31)33-10-4-5-11-36(33)45-37)30-15-13-25-12-14-27(22-32(25)23-30)28-16-18-35-29(21-28)9-6-20-41-35/h1-24H. The van der Waals surface area contributed by atoms with Crippen LogP contribution in [-0.4, -0.2) is 19.9 Å². The maximum Gasteiger partial charge on any atom is 0.164 e. The van der Waals surface area contributed by atoms with E-state index in [1.807, 2.05) is 53.9 Å². The highest BCUT2D eigenvalue weighted by Crippen LogP contribution is 2.36. The Morgan fingerprint density at radius 3 is 1.84 bits per heavy atom. The van der Waals surface area contributed by atoms with Crippen molar-refractivity contribution in [2.24, 2.45) is 0 Å². The Kier molecular flexibility index (Phi) is 5.96. The van der Waals surface area contributed by atoms with E-state index in [2.05, 4.69) is 108 Å². The van der Waals surface area contributed by atoms with E-state index in [4.69, 9.17) is 15.0 Å². The minimum atomic E-state index is 0.651. The van der Waals surface area contributed by atoms with E-state index < -0.39 is 0 Å². The lowest BCUT2D eigenvalue weighted by molar-refractivity contribution is 1.08. The SMILES string of the molecule is c1ccc(-c2nc(-c3ccc4ccc(-c5ccc6ncccc6c5)cc4c3)nc(-c3ccc4sc5ccccc5c4c3)n2)cc1. The summed E-state index contributed by atoms with van der Waals surface area (Å²) in [6.07, 6.45) is 1.83. The Morgan fingerprint density at radius 1 is 0.378 bits per heavy atom. The lowest BCUT2D eigenvalue weighted by Crippen LogP contribution is -2.00. The first kappa shape index (κ1) is 25.7. The van der Waals surface area contributed by atoms with Gasteiger partial charge in [0.15, 0.2) is 17.5 Å².